The molecule has 4 rings (SSSR count). The maximum atomic E-state index is 5.07. The third-order valence-corrected chi connectivity index (χ3v) is 6.18. The van der Waals surface area contributed by atoms with Crippen LogP contribution >= 0.6 is 0 Å². The molecule has 2 saturated heterocycles. The minimum atomic E-state index is 0.558. The number of hydrogen-bond acceptors (Lipinski definition) is 5. The lowest BCUT2D eigenvalue weighted by Crippen LogP contribution is -2.46. The van der Waals surface area contributed by atoms with E-state index in [9.17, 15) is 0 Å². The zero-order valence-corrected chi connectivity index (χ0v) is 15.5. The number of nitrogens with zero attached hydrogens (tertiary/aromatic N) is 4. The lowest BCUT2D eigenvalue weighted by atomic mass is 9.93. The summed E-state index contributed by atoms with van der Waals surface area (Å²) >= 11 is 0. The molecule has 5 nitrogen and oxygen atoms in total. The average Bonchev–Trinajstić information content (AvgIpc) is 3.04. The maximum Gasteiger partial charge on any atom is 0.227 e. The summed E-state index contributed by atoms with van der Waals surface area (Å²) in [6.07, 6.45) is 15.2. The van der Waals surface area contributed by atoms with Crippen LogP contribution in [-0.2, 0) is 0 Å². The van der Waals surface area contributed by atoms with Gasteiger partial charge in [-0.25, -0.2) is 4.98 Å². The second-order valence-electron chi connectivity index (χ2n) is 7.96. The van der Waals surface area contributed by atoms with Gasteiger partial charge in [0.2, 0.25) is 5.95 Å². The smallest absolute Gasteiger partial charge is 0.227 e. The van der Waals surface area contributed by atoms with E-state index in [4.69, 9.17) is 9.97 Å². The van der Waals surface area contributed by atoms with Crippen molar-refractivity contribution in [3.8, 4) is 0 Å². The van der Waals surface area contributed by atoms with Crippen molar-refractivity contribution in [2.24, 2.45) is 0 Å². The first kappa shape index (κ1) is 17.1. The standard InChI is InChI=1S/C20H33N5/c1-2-7-15-24(14-6-1)19-11-13-22-20(23-19)25(18-10-12-21-16-18)17-8-4-3-5-9-17/h11,13,17-18,21H,1-10,12,14-16H2/t18-/m0/s1. The van der Waals surface area contributed by atoms with Crippen molar-refractivity contribution in [1.29, 1.82) is 0 Å². The van der Waals surface area contributed by atoms with E-state index >= 15 is 0 Å². The fourth-order valence-corrected chi connectivity index (χ4v) is 4.80. The first-order valence-electron chi connectivity index (χ1n) is 10.5. The van der Waals surface area contributed by atoms with Crippen molar-refractivity contribution >= 4 is 11.8 Å². The molecule has 0 radical (unpaired) electrons. The van der Waals surface area contributed by atoms with Crippen LogP contribution < -0.4 is 15.1 Å². The Bertz CT molecular complexity index is 529. The molecule has 0 unspecified atom stereocenters. The Kier molecular flexibility index (Phi) is 5.70. The van der Waals surface area contributed by atoms with Crippen molar-refractivity contribution < 1.29 is 0 Å². The highest BCUT2D eigenvalue weighted by Crippen LogP contribution is 2.30. The van der Waals surface area contributed by atoms with Crippen molar-refractivity contribution in [3.63, 3.8) is 0 Å². The second kappa shape index (κ2) is 8.35. The third kappa shape index (κ3) is 4.08. The van der Waals surface area contributed by atoms with Crippen LogP contribution in [-0.4, -0.2) is 48.2 Å². The predicted octanol–water partition coefficient (Wildman–Crippen LogP) is 3.36. The summed E-state index contributed by atoms with van der Waals surface area (Å²) in [4.78, 5) is 14.9. The van der Waals surface area contributed by atoms with Crippen LogP contribution in [0.25, 0.3) is 0 Å². The van der Waals surface area contributed by atoms with Crippen molar-refractivity contribution in [1.82, 2.24) is 15.3 Å². The monoisotopic (exact) mass is 343 g/mol. The molecular formula is C20H33N5. The summed E-state index contributed by atoms with van der Waals surface area (Å²) in [6, 6.07) is 3.29. The van der Waals surface area contributed by atoms with Gasteiger partial charge in [0.15, 0.2) is 0 Å². The van der Waals surface area contributed by atoms with E-state index in [1.807, 2.05) is 6.20 Å². The molecule has 25 heavy (non-hydrogen) atoms. The van der Waals surface area contributed by atoms with E-state index in [1.54, 1.807) is 0 Å². The molecule has 3 fully saturated rings. The van der Waals surface area contributed by atoms with E-state index in [-0.39, 0.29) is 0 Å². The Morgan fingerprint density at radius 2 is 1.68 bits per heavy atom. The molecule has 1 N–H and O–H groups in total. The Morgan fingerprint density at radius 3 is 2.40 bits per heavy atom. The van der Waals surface area contributed by atoms with Gasteiger partial charge in [-0.2, -0.15) is 4.98 Å². The van der Waals surface area contributed by atoms with Gasteiger partial charge < -0.3 is 15.1 Å². The normalized spacial score (nSPS) is 25.8. The SMILES string of the molecule is c1cc(N2CCCCCC2)nc(N(C2CCCCC2)[C@H]2CCNC2)n1. The van der Waals surface area contributed by atoms with Crippen molar-refractivity contribution in [2.75, 3.05) is 36.0 Å². The zero-order chi connectivity index (χ0) is 16.9. The molecule has 0 amide bonds. The summed E-state index contributed by atoms with van der Waals surface area (Å²) in [7, 11) is 0. The van der Waals surface area contributed by atoms with Crippen LogP contribution in [0.4, 0.5) is 11.8 Å². The van der Waals surface area contributed by atoms with Gasteiger partial charge in [0.1, 0.15) is 5.82 Å². The minimum absolute atomic E-state index is 0.558. The molecule has 1 atom stereocenters. The van der Waals surface area contributed by atoms with E-state index in [2.05, 4.69) is 21.2 Å². The molecular weight excluding hydrogens is 310 g/mol. The molecule has 3 aliphatic rings. The number of rotatable bonds is 4. The quantitative estimate of drug-likeness (QED) is 0.908. The summed E-state index contributed by atoms with van der Waals surface area (Å²) < 4.78 is 0. The first-order chi connectivity index (χ1) is 12.4. The zero-order valence-electron chi connectivity index (χ0n) is 15.5. The van der Waals surface area contributed by atoms with Gasteiger partial charge in [-0.3, -0.25) is 0 Å². The van der Waals surface area contributed by atoms with Crippen molar-refractivity contribution in [2.45, 2.75) is 76.3 Å². The lowest BCUT2D eigenvalue weighted by Gasteiger charge is -2.38. The molecule has 0 bridgehead atoms. The predicted molar refractivity (Wildman–Crippen MR) is 103 cm³/mol. The Morgan fingerprint density at radius 1 is 0.920 bits per heavy atom. The number of aromatic nitrogens is 2. The van der Waals surface area contributed by atoms with Crippen LogP contribution in [0.1, 0.15) is 64.2 Å². The molecule has 1 saturated carbocycles. The Balaban J connectivity index is 1.58. The molecule has 138 valence electrons. The van der Waals surface area contributed by atoms with Crippen LogP contribution in [0.15, 0.2) is 12.3 Å². The average molecular weight is 344 g/mol. The molecule has 5 heteroatoms. The largest absolute Gasteiger partial charge is 0.356 e. The molecule has 1 aromatic heterocycles. The van der Waals surface area contributed by atoms with Gasteiger partial charge in [0.25, 0.3) is 0 Å². The van der Waals surface area contributed by atoms with E-state index in [0.717, 1.165) is 37.9 Å². The second-order valence-corrected chi connectivity index (χ2v) is 7.96. The topological polar surface area (TPSA) is 44.3 Å². The highest BCUT2D eigenvalue weighted by atomic mass is 15.3. The van der Waals surface area contributed by atoms with Crippen molar-refractivity contribution in [3.05, 3.63) is 12.3 Å². The van der Waals surface area contributed by atoms with Gasteiger partial charge >= 0.3 is 0 Å². The van der Waals surface area contributed by atoms with E-state index in [0.29, 0.717) is 12.1 Å². The third-order valence-electron chi connectivity index (χ3n) is 6.18. The lowest BCUT2D eigenvalue weighted by molar-refractivity contribution is 0.387. The number of anilines is 2. The Hall–Kier alpha value is -1.36. The highest BCUT2D eigenvalue weighted by Gasteiger charge is 2.31. The van der Waals surface area contributed by atoms with Crippen LogP contribution in [0, 0.1) is 0 Å². The fourth-order valence-electron chi connectivity index (χ4n) is 4.80. The van der Waals surface area contributed by atoms with Crippen LogP contribution in [0.3, 0.4) is 0 Å². The van der Waals surface area contributed by atoms with Gasteiger partial charge in [0, 0.05) is 37.9 Å². The maximum absolute atomic E-state index is 5.07. The summed E-state index contributed by atoms with van der Waals surface area (Å²) in [5.74, 6) is 2.11. The van der Waals surface area contributed by atoms with E-state index in [1.165, 1.54) is 64.2 Å². The molecule has 1 aliphatic carbocycles. The minimum Gasteiger partial charge on any atom is -0.356 e. The number of nitrogens with one attached hydrogen (secondary N) is 1. The van der Waals surface area contributed by atoms with Gasteiger partial charge in [-0.1, -0.05) is 32.1 Å². The van der Waals surface area contributed by atoms with Gasteiger partial charge in [-0.15, -0.1) is 0 Å². The van der Waals surface area contributed by atoms with E-state index < -0.39 is 0 Å². The summed E-state index contributed by atoms with van der Waals surface area (Å²) in [5, 5.41) is 3.54. The highest BCUT2D eigenvalue weighted by molar-refractivity contribution is 5.45. The van der Waals surface area contributed by atoms with Gasteiger partial charge in [-0.05, 0) is 44.7 Å². The molecule has 0 aromatic carbocycles. The van der Waals surface area contributed by atoms with Crippen LogP contribution in [0.2, 0.25) is 0 Å². The summed E-state index contributed by atoms with van der Waals surface area (Å²) in [6.45, 7) is 4.49. The fraction of sp³-hybridized carbons (Fsp3) is 0.800. The molecule has 0 spiro atoms. The molecule has 1 aromatic rings. The summed E-state index contributed by atoms with van der Waals surface area (Å²) in [5.41, 5.74) is 0. The number of hydrogen-bond donors (Lipinski definition) is 1. The molecule has 2 aliphatic heterocycles. The van der Waals surface area contributed by atoms with Crippen LogP contribution in [0.5, 0.6) is 0 Å². The van der Waals surface area contributed by atoms with Gasteiger partial charge in [0.05, 0.1) is 0 Å². The first-order valence-corrected chi connectivity index (χ1v) is 10.5. The molecule has 3 heterocycles. The Labute approximate surface area is 152 Å².